The molecule has 1 aliphatic rings. The third-order valence-electron chi connectivity index (χ3n) is 4.51. The molecule has 0 bridgehead atoms. The average molecular weight is 312 g/mol. The van der Waals surface area contributed by atoms with Crippen molar-refractivity contribution in [3.63, 3.8) is 0 Å². The van der Waals surface area contributed by atoms with Gasteiger partial charge in [0.15, 0.2) is 0 Å². The number of carbonyl (C=O) groups is 1. The Morgan fingerprint density at radius 3 is 2.64 bits per heavy atom. The molecule has 0 aromatic heterocycles. The molecule has 2 N–H and O–H groups in total. The standard InChI is InChI=1S/C18H32O4/c1-3-5-6-7-15(19)10-8-14-9-12-17(20)16(14)11-13-18(21)22-4-2/h9,12,14-17,19-20H,3-8,10-11,13H2,1-2H3/t14-,15?,16-,17+/m0/s1. The van der Waals surface area contributed by atoms with Crippen LogP contribution in [0.25, 0.3) is 0 Å². The molecule has 0 aromatic carbocycles. The zero-order valence-corrected chi connectivity index (χ0v) is 14.0. The number of esters is 1. The van der Waals surface area contributed by atoms with Crippen molar-refractivity contribution >= 4 is 5.97 Å². The van der Waals surface area contributed by atoms with Gasteiger partial charge in [-0.25, -0.2) is 0 Å². The molecule has 22 heavy (non-hydrogen) atoms. The van der Waals surface area contributed by atoms with Gasteiger partial charge in [-0.2, -0.15) is 0 Å². The second-order valence-corrected chi connectivity index (χ2v) is 6.27. The summed E-state index contributed by atoms with van der Waals surface area (Å²) in [5.74, 6) is 0.137. The quantitative estimate of drug-likeness (QED) is 0.349. The Hall–Kier alpha value is -0.870. The fourth-order valence-corrected chi connectivity index (χ4v) is 3.17. The number of hydrogen-bond donors (Lipinski definition) is 2. The predicted octanol–water partition coefficient (Wildman–Crippen LogP) is 3.21. The third-order valence-corrected chi connectivity index (χ3v) is 4.51. The molecular weight excluding hydrogens is 280 g/mol. The van der Waals surface area contributed by atoms with E-state index in [1.54, 1.807) is 6.92 Å². The van der Waals surface area contributed by atoms with Crippen molar-refractivity contribution in [1.29, 1.82) is 0 Å². The third kappa shape index (κ3) is 6.93. The van der Waals surface area contributed by atoms with Crippen LogP contribution < -0.4 is 0 Å². The van der Waals surface area contributed by atoms with Crippen LogP contribution in [0.3, 0.4) is 0 Å². The van der Waals surface area contributed by atoms with Gasteiger partial charge in [-0.3, -0.25) is 4.79 Å². The van der Waals surface area contributed by atoms with Crippen molar-refractivity contribution in [3.8, 4) is 0 Å². The number of hydrogen-bond acceptors (Lipinski definition) is 4. The summed E-state index contributed by atoms with van der Waals surface area (Å²) in [5.41, 5.74) is 0. The van der Waals surface area contributed by atoms with E-state index in [2.05, 4.69) is 6.92 Å². The number of aliphatic hydroxyl groups is 2. The van der Waals surface area contributed by atoms with Gasteiger partial charge in [-0.1, -0.05) is 38.3 Å². The number of unbranched alkanes of at least 4 members (excludes halogenated alkanes) is 2. The number of allylic oxidation sites excluding steroid dienone is 1. The second kappa shape index (κ2) is 10.8. The first-order valence-corrected chi connectivity index (χ1v) is 8.78. The molecule has 0 spiro atoms. The highest BCUT2D eigenvalue weighted by molar-refractivity contribution is 5.69. The summed E-state index contributed by atoms with van der Waals surface area (Å²) in [6.45, 7) is 4.36. The second-order valence-electron chi connectivity index (χ2n) is 6.27. The van der Waals surface area contributed by atoms with Gasteiger partial charge in [0.2, 0.25) is 0 Å². The Kier molecular flexibility index (Phi) is 9.41. The highest BCUT2D eigenvalue weighted by Crippen LogP contribution is 2.33. The van der Waals surface area contributed by atoms with Crippen LogP contribution in [-0.4, -0.2) is 35.0 Å². The van der Waals surface area contributed by atoms with E-state index < -0.39 is 6.10 Å². The van der Waals surface area contributed by atoms with E-state index in [4.69, 9.17) is 4.74 Å². The van der Waals surface area contributed by atoms with E-state index in [9.17, 15) is 15.0 Å². The van der Waals surface area contributed by atoms with Crippen molar-refractivity contribution in [3.05, 3.63) is 12.2 Å². The van der Waals surface area contributed by atoms with Crippen LogP contribution >= 0.6 is 0 Å². The maximum atomic E-state index is 11.5. The summed E-state index contributed by atoms with van der Waals surface area (Å²) in [7, 11) is 0. The molecule has 1 unspecified atom stereocenters. The molecule has 0 radical (unpaired) electrons. The van der Waals surface area contributed by atoms with Gasteiger partial charge in [0.25, 0.3) is 0 Å². The maximum Gasteiger partial charge on any atom is 0.305 e. The molecule has 0 amide bonds. The van der Waals surface area contributed by atoms with Crippen LogP contribution in [0, 0.1) is 11.8 Å². The van der Waals surface area contributed by atoms with E-state index in [0.29, 0.717) is 19.4 Å². The summed E-state index contributed by atoms with van der Waals surface area (Å²) in [4.78, 5) is 11.5. The molecular formula is C18H32O4. The van der Waals surface area contributed by atoms with E-state index >= 15 is 0 Å². The van der Waals surface area contributed by atoms with Gasteiger partial charge in [-0.05, 0) is 44.4 Å². The van der Waals surface area contributed by atoms with E-state index in [1.807, 2.05) is 12.2 Å². The topological polar surface area (TPSA) is 66.8 Å². The molecule has 4 heteroatoms. The minimum Gasteiger partial charge on any atom is -0.466 e. The zero-order chi connectivity index (χ0) is 16.4. The van der Waals surface area contributed by atoms with E-state index in [-0.39, 0.29) is 23.9 Å². The fraction of sp³-hybridized carbons (Fsp3) is 0.833. The lowest BCUT2D eigenvalue weighted by molar-refractivity contribution is -0.143. The molecule has 0 saturated heterocycles. The first kappa shape index (κ1) is 19.2. The van der Waals surface area contributed by atoms with Crippen LogP contribution in [0.5, 0.6) is 0 Å². The van der Waals surface area contributed by atoms with Crippen molar-refractivity contribution in [2.45, 2.75) is 77.4 Å². The van der Waals surface area contributed by atoms with Crippen molar-refractivity contribution in [2.24, 2.45) is 11.8 Å². The van der Waals surface area contributed by atoms with E-state index in [0.717, 1.165) is 25.7 Å². The van der Waals surface area contributed by atoms with Crippen LogP contribution in [-0.2, 0) is 9.53 Å². The first-order chi connectivity index (χ1) is 10.6. The largest absolute Gasteiger partial charge is 0.466 e. The first-order valence-electron chi connectivity index (χ1n) is 8.78. The van der Waals surface area contributed by atoms with Crippen LogP contribution in [0.2, 0.25) is 0 Å². The van der Waals surface area contributed by atoms with Gasteiger partial charge in [0, 0.05) is 6.42 Å². The minimum absolute atomic E-state index is 0.0762. The SMILES string of the molecule is CCCCCC(O)CC[C@H]1C=C[C@@H](O)[C@H]1CCC(=O)OCC. The van der Waals surface area contributed by atoms with Crippen LogP contribution in [0.4, 0.5) is 0 Å². The van der Waals surface area contributed by atoms with E-state index in [1.165, 1.54) is 12.8 Å². The molecule has 0 fully saturated rings. The van der Waals surface area contributed by atoms with Gasteiger partial charge in [0.1, 0.15) is 0 Å². The zero-order valence-electron chi connectivity index (χ0n) is 14.0. The monoisotopic (exact) mass is 312 g/mol. The number of carbonyl (C=O) groups excluding carboxylic acids is 1. The van der Waals surface area contributed by atoms with Gasteiger partial charge in [0.05, 0.1) is 18.8 Å². The molecule has 0 aromatic rings. The lowest BCUT2D eigenvalue weighted by atomic mass is 9.85. The lowest BCUT2D eigenvalue weighted by Gasteiger charge is -2.23. The smallest absolute Gasteiger partial charge is 0.305 e. The highest BCUT2D eigenvalue weighted by atomic mass is 16.5. The molecule has 4 atom stereocenters. The Balaban J connectivity index is 2.31. The average Bonchev–Trinajstić information content (AvgIpc) is 2.84. The Morgan fingerprint density at radius 2 is 1.95 bits per heavy atom. The molecule has 0 aliphatic heterocycles. The number of aliphatic hydroxyl groups excluding tert-OH is 2. The maximum absolute atomic E-state index is 11.5. The number of rotatable bonds is 11. The molecule has 1 rings (SSSR count). The lowest BCUT2D eigenvalue weighted by Crippen LogP contribution is -2.23. The molecule has 0 heterocycles. The Morgan fingerprint density at radius 1 is 1.18 bits per heavy atom. The molecule has 0 saturated carbocycles. The number of ether oxygens (including phenoxy) is 1. The fourth-order valence-electron chi connectivity index (χ4n) is 3.17. The normalized spacial score (nSPS) is 25.4. The summed E-state index contributed by atoms with van der Waals surface area (Å²) < 4.78 is 4.94. The summed E-state index contributed by atoms with van der Waals surface area (Å²) in [6.07, 6.45) is 10.0. The molecule has 4 nitrogen and oxygen atoms in total. The van der Waals surface area contributed by atoms with Crippen LogP contribution in [0.1, 0.15) is 65.2 Å². The van der Waals surface area contributed by atoms with Crippen molar-refractivity contribution in [1.82, 2.24) is 0 Å². The van der Waals surface area contributed by atoms with Crippen molar-refractivity contribution in [2.75, 3.05) is 6.61 Å². The highest BCUT2D eigenvalue weighted by Gasteiger charge is 2.30. The van der Waals surface area contributed by atoms with Crippen molar-refractivity contribution < 1.29 is 19.7 Å². The Labute approximate surface area is 134 Å². The van der Waals surface area contributed by atoms with Gasteiger partial charge in [-0.15, -0.1) is 0 Å². The molecule has 128 valence electrons. The minimum atomic E-state index is -0.475. The summed E-state index contributed by atoms with van der Waals surface area (Å²) in [6, 6.07) is 0. The summed E-state index contributed by atoms with van der Waals surface area (Å²) >= 11 is 0. The molecule has 1 aliphatic carbocycles. The Bertz CT molecular complexity index is 340. The van der Waals surface area contributed by atoms with Gasteiger partial charge >= 0.3 is 5.97 Å². The predicted molar refractivity (Wildman–Crippen MR) is 87.4 cm³/mol. The summed E-state index contributed by atoms with van der Waals surface area (Å²) in [5, 5.41) is 20.1. The van der Waals surface area contributed by atoms with Gasteiger partial charge < -0.3 is 14.9 Å². The van der Waals surface area contributed by atoms with Crippen LogP contribution in [0.15, 0.2) is 12.2 Å².